The van der Waals surface area contributed by atoms with Crippen LogP contribution >= 0.6 is 11.6 Å². The fourth-order valence-corrected chi connectivity index (χ4v) is 1.84. The Morgan fingerprint density at radius 1 is 1.30 bits per heavy atom. The summed E-state index contributed by atoms with van der Waals surface area (Å²) in [5, 5.41) is 3.22. The number of rotatable bonds is 4. The average Bonchev–Trinajstić information content (AvgIpc) is 2.43. The molecule has 0 fully saturated rings. The Morgan fingerprint density at radius 3 is 2.80 bits per heavy atom. The van der Waals surface area contributed by atoms with E-state index < -0.39 is 0 Å². The van der Waals surface area contributed by atoms with Gasteiger partial charge < -0.3 is 15.8 Å². The van der Waals surface area contributed by atoms with Crippen LogP contribution in [0.25, 0.3) is 0 Å². The number of carbonyl (C=O) groups is 1. The summed E-state index contributed by atoms with van der Waals surface area (Å²) < 4.78 is 5.36. The van der Waals surface area contributed by atoms with Crippen LogP contribution in [0.1, 0.15) is 17.3 Å². The van der Waals surface area contributed by atoms with E-state index in [1.807, 2.05) is 6.92 Å². The fourth-order valence-electron chi connectivity index (χ4n) is 1.72. The average molecular weight is 291 g/mol. The SMILES string of the molecule is CCOc1cccc(C(=O)Nc2ccc(Cl)c(N)c2)c1. The van der Waals surface area contributed by atoms with E-state index in [9.17, 15) is 4.79 Å². The Bertz CT molecular complexity index is 629. The van der Waals surface area contributed by atoms with Crippen molar-refractivity contribution in [3.8, 4) is 5.75 Å². The highest BCUT2D eigenvalue weighted by Gasteiger charge is 2.08. The number of carbonyl (C=O) groups excluding carboxylic acids is 1. The van der Waals surface area contributed by atoms with Gasteiger partial charge in [0, 0.05) is 11.3 Å². The van der Waals surface area contributed by atoms with Crippen molar-refractivity contribution in [3.63, 3.8) is 0 Å². The summed E-state index contributed by atoms with van der Waals surface area (Å²) in [4.78, 5) is 12.1. The number of nitrogen functional groups attached to an aromatic ring is 1. The minimum absolute atomic E-state index is 0.228. The highest BCUT2D eigenvalue weighted by atomic mass is 35.5. The largest absolute Gasteiger partial charge is 0.494 e. The Kier molecular flexibility index (Phi) is 4.48. The zero-order valence-electron chi connectivity index (χ0n) is 11.0. The Hall–Kier alpha value is -2.20. The molecule has 0 saturated carbocycles. The Labute approximate surface area is 122 Å². The van der Waals surface area contributed by atoms with E-state index in [0.29, 0.717) is 34.3 Å². The number of anilines is 2. The standard InChI is InChI=1S/C15H15ClN2O2/c1-2-20-12-5-3-4-10(8-12)15(19)18-11-6-7-13(16)14(17)9-11/h3-9H,2,17H2,1H3,(H,18,19). The summed E-state index contributed by atoms with van der Waals surface area (Å²) in [5.74, 6) is 0.434. The lowest BCUT2D eigenvalue weighted by atomic mass is 10.2. The second-order valence-electron chi connectivity index (χ2n) is 4.15. The fraction of sp³-hybridized carbons (Fsp3) is 0.133. The molecule has 0 aliphatic heterocycles. The van der Waals surface area contributed by atoms with Crippen LogP contribution in [0.4, 0.5) is 11.4 Å². The van der Waals surface area contributed by atoms with Crippen LogP contribution in [0.2, 0.25) is 5.02 Å². The number of hydrogen-bond donors (Lipinski definition) is 2. The molecule has 0 atom stereocenters. The van der Waals surface area contributed by atoms with Crippen LogP contribution < -0.4 is 15.8 Å². The van der Waals surface area contributed by atoms with Gasteiger partial charge in [0.15, 0.2) is 0 Å². The van der Waals surface area contributed by atoms with Gasteiger partial charge in [0.1, 0.15) is 5.75 Å². The number of nitrogens with one attached hydrogen (secondary N) is 1. The van der Waals surface area contributed by atoms with Crippen LogP contribution in [-0.4, -0.2) is 12.5 Å². The van der Waals surface area contributed by atoms with E-state index in [-0.39, 0.29) is 5.91 Å². The van der Waals surface area contributed by atoms with Crippen molar-refractivity contribution < 1.29 is 9.53 Å². The maximum Gasteiger partial charge on any atom is 0.255 e. The quantitative estimate of drug-likeness (QED) is 0.846. The second-order valence-corrected chi connectivity index (χ2v) is 4.56. The predicted molar refractivity (Wildman–Crippen MR) is 81.4 cm³/mol. The Morgan fingerprint density at radius 2 is 2.10 bits per heavy atom. The highest BCUT2D eigenvalue weighted by molar-refractivity contribution is 6.33. The van der Waals surface area contributed by atoms with Gasteiger partial charge in [-0.25, -0.2) is 0 Å². The predicted octanol–water partition coefficient (Wildman–Crippen LogP) is 3.57. The molecule has 3 N–H and O–H groups in total. The van der Waals surface area contributed by atoms with Gasteiger partial charge >= 0.3 is 0 Å². The molecule has 0 aliphatic carbocycles. The van der Waals surface area contributed by atoms with Gasteiger partial charge in [0.05, 0.1) is 17.3 Å². The first kappa shape index (κ1) is 14.2. The molecule has 0 saturated heterocycles. The molecule has 0 aromatic heterocycles. The molecular formula is C15H15ClN2O2. The molecule has 0 unspecified atom stereocenters. The van der Waals surface area contributed by atoms with Crippen molar-refractivity contribution in [2.75, 3.05) is 17.7 Å². The smallest absolute Gasteiger partial charge is 0.255 e. The van der Waals surface area contributed by atoms with Gasteiger partial charge in [-0.15, -0.1) is 0 Å². The van der Waals surface area contributed by atoms with Crippen LogP contribution in [0, 0.1) is 0 Å². The van der Waals surface area contributed by atoms with Crippen molar-refractivity contribution in [1.82, 2.24) is 0 Å². The van der Waals surface area contributed by atoms with Gasteiger partial charge in [-0.2, -0.15) is 0 Å². The van der Waals surface area contributed by atoms with E-state index >= 15 is 0 Å². The molecule has 5 heteroatoms. The van der Waals surface area contributed by atoms with Gasteiger partial charge in [-0.3, -0.25) is 4.79 Å². The maximum absolute atomic E-state index is 12.1. The molecule has 0 radical (unpaired) electrons. The minimum atomic E-state index is -0.228. The Balaban J connectivity index is 2.15. The van der Waals surface area contributed by atoms with E-state index in [1.165, 1.54) is 0 Å². The first-order chi connectivity index (χ1) is 9.60. The van der Waals surface area contributed by atoms with Crippen molar-refractivity contribution >= 4 is 28.9 Å². The van der Waals surface area contributed by atoms with Crippen LogP contribution in [0.15, 0.2) is 42.5 Å². The summed E-state index contributed by atoms with van der Waals surface area (Å²) in [6.45, 7) is 2.45. The second kappa shape index (κ2) is 6.30. The molecule has 4 nitrogen and oxygen atoms in total. The molecule has 2 aromatic rings. The zero-order valence-corrected chi connectivity index (χ0v) is 11.8. The molecule has 0 aliphatic rings. The van der Waals surface area contributed by atoms with Crippen LogP contribution in [0.3, 0.4) is 0 Å². The third kappa shape index (κ3) is 3.42. The number of amides is 1. The number of halogens is 1. The molecular weight excluding hydrogens is 276 g/mol. The number of benzene rings is 2. The summed E-state index contributed by atoms with van der Waals surface area (Å²) in [6.07, 6.45) is 0. The minimum Gasteiger partial charge on any atom is -0.494 e. The first-order valence-electron chi connectivity index (χ1n) is 6.19. The molecule has 2 rings (SSSR count). The lowest BCUT2D eigenvalue weighted by Crippen LogP contribution is -2.12. The van der Waals surface area contributed by atoms with Crippen molar-refractivity contribution in [3.05, 3.63) is 53.1 Å². The third-order valence-corrected chi connectivity index (χ3v) is 3.01. The van der Waals surface area contributed by atoms with Gasteiger partial charge in [0.25, 0.3) is 5.91 Å². The van der Waals surface area contributed by atoms with Crippen molar-refractivity contribution in [1.29, 1.82) is 0 Å². The monoisotopic (exact) mass is 290 g/mol. The van der Waals surface area contributed by atoms with E-state index in [2.05, 4.69) is 5.32 Å². The van der Waals surface area contributed by atoms with E-state index in [1.54, 1.807) is 42.5 Å². The molecule has 0 bridgehead atoms. The van der Waals surface area contributed by atoms with Crippen LogP contribution in [0.5, 0.6) is 5.75 Å². The lowest BCUT2D eigenvalue weighted by molar-refractivity contribution is 0.102. The summed E-state index contributed by atoms with van der Waals surface area (Å²) in [5.41, 5.74) is 7.23. The molecule has 0 heterocycles. The summed E-state index contributed by atoms with van der Waals surface area (Å²) >= 11 is 5.84. The lowest BCUT2D eigenvalue weighted by Gasteiger charge is -2.08. The molecule has 1 amide bonds. The summed E-state index contributed by atoms with van der Waals surface area (Å²) in [7, 11) is 0. The van der Waals surface area contributed by atoms with Crippen molar-refractivity contribution in [2.24, 2.45) is 0 Å². The molecule has 20 heavy (non-hydrogen) atoms. The number of nitrogens with two attached hydrogens (primary N) is 1. The van der Waals surface area contributed by atoms with Gasteiger partial charge in [0.2, 0.25) is 0 Å². The normalized spacial score (nSPS) is 10.1. The van der Waals surface area contributed by atoms with Crippen molar-refractivity contribution in [2.45, 2.75) is 6.92 Å². The maximum atomic E-state index is 12.1. The molecule has 2 aromatic carbocycles. The van der Waals surface area contributed by atoms with Gasteiger partial charge in [-0.1, -0.05) is 17.7 Å². The number of hydrogen-bond acceptors (Lipinski definition) is 3. The molecule has 0 spiro atoms. The topological polar surface area (TPSA) is 64.3 Å². The third-order valence-electron chi connectivity index (χ3n) is 2.66. The van der Waals surface area contributed by atoms with E-state index in [4.69, 9.17) is 22.1 Å². The number of ether oxygens (including phenoxy) is 1. The van der Waals surface area contributed by atoms with E-state index in [0.717, 1.165) is 0 Å². The molecule has 104 valence electrons. The highest BCUT2D eigenvalue weighted by Crippen LogP contribution is 2.23. The van der Waals surface area contributed by atoms with Crippen LogP contribution in [-0.2, 0) is 0 Å². The summed E-state index contributed by atoms with van der Waals surface area (Å²) in [6, 6.07) is 11.9. The van der Waals surface area contributed by atoms with Gasteiger partial charge in [-0.05, 0) is 43.3 Å². The first-order valence-corrected chi connectivity index (χ1v) is 6.57. The zero-order chi connectivity index (χ0) is 14.5.